The highest BCUT2D eigenvalue weighted by Gasteiger charge is 2.21. The molecule has 5 heteroatoms. The fourth-order valence-electron chi connectivity index (χ4n) is 3.39. The molecule has 0 spiro atoms. The maximum absolute atomic E-state index is 12.7. The molecule has 2 aromatic heterocycles. The minimum Gasteiger partial charge on any atom is -0.345 e. The van der Waals surface area contributed by atoms with Crippen LogP contribution in [0.5, 0.6) is 0 Å². The van der Waals surface area contributed by atoms with Crippen LogP contribution < -0.4 is 5.32 Å². The van der Waals surface area contributed by atoms with Gasteiger partial charge in [-0.1, -0.05) is 12.1 Å². The van der Waals surface area contributed by atoms with E-state index in [4.69, 9.17) is 0 Å². The van der Waals surface area contributed by atoms with Crippen molar-refractivity contribution in [1.82, 2.24) is 14.9 Å². The van der Waals surface area contributed by atoms with Crippen LogP contribution in [0.3, 0.4) is 0 Å². The predicted molar refractivity (Wildman–Crippen MR) is 100 cm³/mol. The van der Waals surface area contributed by atoms with E-state index in [0.717, 1.165) is 29.7 Å². The van der Waals surface area contributed by atoms with Crippen LogP contribution in [0.1, 0.15) is 52.2 Å². The molecule has 0 aliphatic heterocycles. The van der Waals surface area contributed by atoms with E-state index in [1.165, 1.54) is 23.3 Å². The summed E-state index contributed by atoms with van der Waals surface area (Å²) in [6.45, 7) is 2.03. The van der Waals surface area contributed by atoms with Gasteiger partial charge in [0.05, 0.1) is 17.9 Å². The Hall–Kier alpha value is -2.40. The molecule has 0 radical (unpaired) electrons. The number of aryl methyl sites for hydroxylation is 1. The number of carbonyl (C=O) groups is 1. The van der Waals surface area contributed by atoms with Gasteiger partial charge in [0.25, 0.3) is 5.91 Å². The molecule has 4 nitrogen and oxygen atoms in total. The van der Waals surface area contributed by atoms with E-state index < -0.39 is 0 Å². The van der Waals surface area contributed by atoms with E-state index in [1.54, 1.807) is 23.9 Å². The maximum atomic E-state index is 12.7. The standard InChI is InChI=1S/C20H21N3OS/c1-14(15-6-8-16(9-7-15)23-11-10-21-13-23)22-20(24)18-12-25-19-5-3-2-4-17(18)19/h6-14H,2-5H2,1H3,(H,22,24)/t14-/m0/s1. The zero-order chi connectivity index (χ0) is 17.2. The summed E-state index contributed by atoms with van der Waals surface area (Å²) in [5, 5.41) is 5.18. The summed E-state index contributed by atoms with van der Waals surface area (Å²) >= 11 is 1.73. The number of rotatable bonds is 4. The molecule has 1 atom stereocenters. The first-order chi connectivity index (χ1) is 12.2. The van der Waals surface area contributed by atoms with E-state index >= 15 is 0 Å². The fraction of sp³-hybridized carbons (Fsp3) is 0.300. The number of imidazole rings is 1. The Morgan fingerprint density at radius 3 is 2.80 bits per heavy atom. The maximum Gasteiger partial charge on any atom is 0.252 e. The molecule has 0 bridgehead atoms. The Morgan fingerprint density at radius 1 is 1.24 bits per heavy atom. The van der Waals surface area contributed by atoms with Crippen LogP contribution in [-0.4, -0.2) is 15.5 Å². The van der Waals surface area contributed by atoms with Gasteiger partial charge in [-0.25, -0.2) is 4.98 Å². The molecule has 1 N–H and O–H groups in total. The Balaban J connectivity index is 1.47. The fourth-order valence-corrected chi connectivity index (χ4v) is 4.51. The zero-order valence-corrected chi connectivity index (χ0v) is 15.1. The normalized spacial score (nSPS) is 14.8. The van der Waals surface area contributed by atoms with Crippen LogP contribution >= 0.6 is 11.3 Å². The summed E-state index contributed by atoms with van der Waals surface area (Å²) in [5.41, 5.74) is 4.31. The smallest absolute Gasteiger partial charge is 0.252 e. The lowest BCUT2D eigenvalue weighted by atomic mass is 9.95. The van der Waals surface area contributed by atoms with Crippen LogP contribution in [0.25, 0.3) is 5.69 Å². The number of hydrogen-bond acceptors (Lipinski definition) is 3. The first-order valence-electron chi connectivity index (χ1n) is 8.71. The van der Waals surface area contributed by atoms with Crippen molar-refractivity contribution in [3.8, 4) is 5.69 Å². The van der Waals surface area contributed by atoms with E-state index in [0.29, 0.717) is 0 Å². The minimum absolute atomic E-state index is 0.0246. The third-order valence-electron chi connectivity index (χ3n) is 4.85. The predicted octanol–water partition coefficient (Wildman–Crippen LogP) is 4.30. The quantitative estimate of drug-likeness (QED) is 0.761. The molecule has 1 amide bonds. The second kappa shape index (κ2) is 6.84. The van der Waals surface area contributed by atoms with Gasteiger partial charge in [0.15, 0.2) is 0 Å². The molecule has 1 aliphatic carbocycles. The number of aromatic nitrogens is 2. The molecule has 3 aromatic rings. The third kappa shape index (κ3) is 3.24. The number of amides is 1. The summed E-state index contributed by atoms with van der Waals surface area (Å²) in [6.07, 6.45) is 10.1. The molecule has 25 heavy (non-hydrogen) atoms. The Bertz CT molecular complexity index is 865. The van der Waals surface area contributed by atoms with E-state index in [9.17, 15) is 4.79 Å². The summed E-state index contributed by atoms with van der Waals surface area (Å²) in [6, 6.07) is 8.19. The first-order valence-corrected chi connectivity index (χ1v) is 9.59. The second-order valence-electron chi connectivity index (χ2n) is 6.51. The number of fused-ring (bicyclic) bond motifs is 1. The molecule has 128 valence electrons. The number of nitrogens with one attached hydrogen (secondary N) is 1. The van der Waals surface area contributed by atoms with Crippen molar-refractivity contribution in [1.29, 1.82) is 0 Å². The van der Waals surface area contributed by atoms with Crippen molar-refractivity contribution < 1.29 is 4.79 Å². The van der Waals surface area contributed by atoms with Crippen molar-refractivity contribution >= 4 is 17.2 Å². The lowest BCUT2D eigenvalue weighted by Gasteiger charge is -2.17. The average Bonchev–Trinajstić information content (AvgIpc) is 3.31. The average molecular weight is 351 g/mol. The second-order valence-corrected chi connectivity index (χ2v) is 7.48. The lowest BCUT2D eigenvalue weighted by molar-refractivity contribution is 0.0939. The third-order valence-corrected chi connectivity index (χ3v) is 5.94. The van der Waals surface area contributed by atoms with E-state index in [-0.39, 0.29) is 11.9 Å². The minimum atomic E-state index is -0.0246. The van der Waals surface area contributed by atoms with Crippen molar-refractivity contribution in [2.45, 2.75) is 38.6 Å². The van der Waals surface area contributed by atoms with Gasteiger partial charge in [-0.3, -0.25) is 4.79 Å². The summed E-state index contributed by atoms with van der Waals surface area (Å²) in [7, 11) is 0. The van der Waals surface area contributed by atoms with Gasteiger partial charge in [-0.2, -0.15) is 0 Å². The van der Waals surface area contributed by atoms with Crippen molar-refractivity contribution in [2.24, 2.45) is 0 Å². The lowest BCUT2D eigenvalue weighted by Crippen LogP contribution is -2.27. The van der Waals surface area contributed by atoms with Gasteiger partial charge in [0, 0.05) is 28.3 Å². The number of benzene rings is 1. The van der Waals surface area contributed by atoms with Gasteiger partial charge in [0.2, 0.25) is 0 Å². The summed E-state index contributed by atoms with van der Waals surface area (Å²) < 4.78 is 1.96. The topological polar surface area (TPSA) is 46.9 Å². The van der Waals surface area contributed by atoms with Gasteiger partial charge in [-0.15, -0.1) is 11.3 Å². The van der Waals surface area contributed by atoms with Gasteiger partial charge in [-0.05, 0) is 55.9 Å². The molecule has 1 aliphatic rings. The van der Waals surface area contributed by atoms with Crippen LogP contribution in [0.15, 0.2) is 48.4 Å². The van der Waals surface area contributed by atoms with E-state index in [2.05, 4.69) is 22.4 Å². The highest BCUT2D eigenvalue weighted by molar-refractivity contribution is 7.10. The molecule has 4 rings (SSSR count). The van der Waals surface area contributed by atoms with Crippen LogP contribution in [0, 0.1) is 0 Å². The van der Waals surface area contributed by atoms with Crippen molar-refractivity contribution in [3.05, 3.63) is 69.9 Å². The largest absolute Gasteiger partial charge is 0.345 e. The first kappa shape index (κ1) is 16.1. The molecular weight excluding hydrogens is 330 g/mol. The van der Waals surface area contributed by atoms with Crippen molar-refractivity contribution in [3.63, 3.8) is 0 Å². The van der Waals surface area contributed by atoms with Crippen LogP contribution in [0.2, 0.25) is 0 Å². The number of carbonyl (C=O) groups excluding carboxylic acids is 1. The molecule has 0 fully saturated rings. The molecular formula is C20H21N3OS. The van der Waals surface area contributed by atoms with Crippen LogP contribution in [0.4, 0.5) is 0 Å². The number of thiophene rings is 1. The monoisotopic (exact) mass is 351 g/mol. The number of nitrogens with zero attached hydrogens (tertiary/aromatic N) is 2. The molecule has 0 saturated carbocycles. The molecule has 0 unspecified atom stereocenters. The summed E-state index contributed by atoms with van der Waals surface area (Å²) in [5.74, 6) is 0.0468. The highest BCUT2D eigenvalue weighted by atomic mass is 32.1. The van der Waals surface area contributed by atoms with Crippen LogP contribution in [-0.2, 0) is 12.8 Å². The zero-order valence-electron chi connectivity index (χ0n) is 14.2. The Kier molecular flexibility index (Phi) is 4.40. The summed E-state index contributed by atoms with van der Waals surface area (Å²) in [4.78, 5) is 18.2. The molecule has 2 heterocycles. The van der Waals surface area contributed by atoms with Crippen molar-refractivity contribution in [2.75, 3.05) is 0 Å². The Morgan fingerprint density at radius 2 is 2.04 bits per heavy atom. The SMILES string of the molecule is C[C@H](NC(=O)c1csc2c1CCCC2)c1ccc(-n2ccnc2)cc1. The van der Waals surface area contributed by atoms with Gasteiger partial charge < -0.3 is 9.88 Å². The molecule has 1 aromatic carbocycles. The van der Waals surface area contributed by atoms with Gasteiger partial charge >= 0.3 is 0 Å². The van der Waals surface area contributed by atoms with Gasteiger partial charge in [0.1, 0.15) is 0 Å². The Labute approximate surface area is 151 Å². The number of hydrogen-bond donors (Lipinski definition) is 1. The molecule has 0 saturated heterocycles. The van der Waals surface area contributed by atoms with E-state index in [1.807, 2.05) is 35.2 Å². The highest BCUT2D eigenvalue weighted by Crippen LogP contribution is 2.30.